The minimum Gasteiger partial charge on any atom is -0.333 e. The van der Waals surface area contributed by atoms with Crippen LogP contribution < -0.4 is 0 Å². The Kier molecular flexibility index (Phi) is 3.36. The van der Waals surface area contributed by atoms with E-state index in [1.165, 1.54) is 0 Å². The van der Waals surface area contributed by atoms with Crippen LogP contribution in [0, 0.1) is 0 Å². The first-order valence-corrected chi connectivity index (χ1v) is 4.46. The predicted octanol–water partition coefficient (Wildman–Crippen LogP) is 2.07. The second-order valence-corrected chi connectivity index (χ2v) is 3.49. The number of alkyl halides is 4. The van der Waals surface area contributed by atoms with Crippen LogP contribution in [0.1, 0.15) is 13.3 Å². The van der Waals surface area contributed by atoms with Gasteiger partial charge in [-0.3, -0.25) is 4.79 Å². The normalized spacial score (nSPS) is 18.0. The second-order valence-electron chi connectivity index (χ2n) is 3.49. The molecule has 6 heteroatoms. The van der Waals surface area contributed by atoms with Crippen molar-refractivity contribution < 1.29 is 22.4 Å². The fraction of sp³-hybridized carbons (Fsp3) is 0.667. The van der Waals surface area contributed by atoms with Gasteiger partial charge in [0.25, 0.3) is 5.91 Å². The van der Waals surface area contributed by atoms with Crippen molar-refractivity contribution in [2.75, 3.05) is 13.1 Å². The third-order valence-corrected chi connectivity index (χ3v) is 2.18. The van der Waals surface area contributed by atoms with E-state index in [0.717, 1.165) is 10.5 Å². The summed E-state index contributed by atoms with van der Waals surface area (Å²) in [6.07, 6.45) is -1.72. The molecule has 1 amide bonds. The van der Waals surface area contributed by atoms with E-state index in [1.807, 2.05) is 0 Å². The molecule has 0 saturated carbocycles. The number of nitrogens with zero attached hydrogens (tertiary/aromatic N) is 1. The van der Waals surface area contributed by atoms with Gasteiger partial charge in [-0.25, -0.2) is 8.78 Å². The molecule has 1 heterocycles. The Morgan fingerprint density at radius 3 is 2.60 bits per heavy atom. The van der Waals surface area contributed by atoms with Crippen molar-refractivity contribution in [2.45, 2.75) is 25.7 Å². The summed E-state index contributed by atoms with van der Waals surface area (Å²) in [6, 6.07) is 0. The highest BCUT2D eigenvalue weighted by molar-refractivity contribution is 5.84. The molecule has 0 aromatic carbocycles. The number of carbonyl (C=O) groups excluding carboxylic acids is 1. The molecule has 0 aliphatic carbocycles. The summed E-state index contributed by atoms with van der Waals surface area (Å²) in [5.74, 6) is -6.36. The van der Waals surface area contributed by atoms with Crippen LogP contribution in [-0.4, -0.2) is 36.2 Å². The fourth-order valence-electron chi connectivity index (χ4n) is 1.39. The molecule has 0 aromatic heterocycles. The fourth-order valence-corrected chi connectivity index (χ4v) is 1.39. The van der Waals surface area contributed by atoms with E-state index in [0.29, 0.717) is 6.42 Å². The van der Waals surface area contributed by atoms with Crippen LogP contribution in [0.4, 0.5) is 17.6 Å². The topological polar surface area (TPSA) is 20.3 Å². The summed E-state index contributed by atoms with van der Waals surface area (Å²) >= 11 is 0. The number of amides is 1. The third kappa shape index (κ3) is 2.49. The zero-order chi connectivity index (χ0) is 11.6. The Bertz CT molecular complexity index is 288. The highest BCUT2D eigenvalue weighted by atomic mass is 19.3. The van der Waals surface area contributed by atoms with Crippen molar-refractivity contribution in [1.82, 2.24) is 4.90 Å². The molecule has 2 nitrogen and oxygen atoms in total. The molecule has 0 aromatic rings. The van der Waals surface area contributed by atoms with E-state index < -0.39 is 18.3 Å². The van der Waals surface area contributed by atoms with Crippen LogP contribution in [0.2, 0.25) is 0 Å². The lowest BCUT2D eigenvalue weighted by Gasteiger charge is -2.29. The maximum Gasteiger partial charge on any atom is 0.383 e. The molecule has 0 N–H and O–H groups in total. The summed E-state index contributed by atoms with van der Waals surface area (Å²) in [4.78, 5) is 11.8. The first-order valence-electron chi connectivity index (χ1n) is 4.46. The van der Waals surface area contributed by atoms with Crippen molar-refractivity contribution in [3.8, 4) is 0 Å². The predicted molar refractivity (Wildman–Crippen MR) is 45.9 cm³/mol. The van der Waals surface area contributed by atoms with Gasteiger partial charge in [0, 0.05) is 13.1 Å². The molecule has 0 spiro atoms. The third-order valence-electron chi connectivity index (χ3n) is 2.18. The molecular weight excluding hydrogens is 214 g/mol. The molecule has 86 valence electrons. The standard InChI is InChI=1S/C9H11F4NO/c1-6-3-2-4-14(5-6)8(15)9(12,13)7(10)11/h3,7H,2,4-5H2,1H3. The molecule has 0 atom stereocenters. The number of rotatable bonds is 2. The molecule has 0 unspecified atom stereocenters. The van der Waals surface area contributed by atoms with E-state index in [-0.39, 0.29) is 13.1 Å². The van der Waals surface area contributed by atoms with Crippen LogP contribution in [0.3, 0.4) is 0 Å². The van der Waals surface area contributed by atoms with Crippen LogP contribution in [-0.2, 0) is 4.79 Å². The second kappa shape index (κ2) is 4.20. The maximum absolute atomic E-state index is 12.7. The maximum atomic E-state index is 12.7. The number of halogens is 4. The Morgan fingerprint density at radius 2 is 2.13 bits per heavy atom. The number of hydrogen-bond acceptors (Lipinski definition) is 1. The van der Waals surface area contributed by atoms with Crippen molar-refractivity contribution in [2.24, 2.45) is 0 Å². The van der Waals surface area contributed by atoms with Crippen molar-refractivity contribution in [3.63, 3.8) is 0 Å². The van der Waals surface area contributed by atoms with Gasteiger partial charge in [-0.05, 0) is 13.3 Å². The molecule has 15 heavy (non-hydrogen) atoms. The highest BCUT2D eigenvalue weighted by Crippen LogP contribution is 2.26. The SMILES string of the molecule is CC1=CCCN(C(=O)C(F)(F)C(F)F)C1. The minimum absolute atomic E-state index is 0.00113. The summed E-state index contributed by atoms with van der Waals surface area (Å²) < 4.78 is 49.2. The van der Waals surface area contributed by atoms with Crippen LogP contribution in [0.15, 0.2) is 11.6 Å². The lowest BCUT2D eigenvalue weighted by molar-refractivity contribution is -0.180. The summed E-state index contributed by atoms with van der Waals surface area (Å²) in [5, 5.41) is 0. The largest absolute Gasteiger partial charge is 0.383 e. The van der Waals surface area contributed by atoms with Crippen molar-refractivity contribution in [3.05, 3.63) is 11.6 Å². The van der Waals surface area contributed by atoms with Gasteiger partial charge in [-0.2, -0.15) is 8.78 Å². The smallest absolute Gasteiger partial charge is 0.333 e. The van der Waals surface area contributed by atoms with E-state index >= 15 is 0 Å². The summed E-state index contributed by atoms with van der Waals surface area (Å²) in [6.45, 7) is 1.74. The first kappa shape index (κ1) is 12.0. The molecular formula is C9H11F4NO. The summed E-state index contributed by atoms with van der Waals surface area (Å²) in [5.41, 5.74) is 0.736. The van der Waals surface area contributed by atoms with E-state index in [2.05, 4.69) is 0 Å². The van der Waals surface area contributed by atoms with Crippen LogP contribution in [0.5, 0.6) is 0 Å². The quantitative estimate of drug-likeness (QED) is 0.520. The van der Waals surface area contributed by atoms with Gasteiger partial charge in [0.15, 0.2) is 0 Å². The minimum atomic E-state index is -4.57. The Morgan fingerprint density at radius 1 is 1.53 bits per heavy atom. The van der Waals surface area contributed by atoms with Gasteiger partial charge in [0.05, 0.1) is 0 Å². The number of hydrogen-bond donors (Lipinski definition) is 0. The lowest BCUT2D eigenvalue weighted by atomic mass is 10.1. The van der Waals surface area contributed by atoms with Gasteiger partial charge in [0.2, 0.25) is 0 Å². The molecule has 0 radical (unpaired) electrons. The Hall–Kier alpha value is -1.07. The lowest BCUT2D eigenvalue weighted by Crippen LogP contribution is -2.49. The molecule has 0 saturated heterocycles. The zero-order valence-electron chi connectivity index (χ0n) is 8.14. The van der Waals surface area contributed by atoms with Crippen molar-refractivity contribution >= 4 is 5.91 Å². The first-order chi connectivity index (χ1) is 6.85. The average molecular weight is 225 g/mol. The molecule has 1 rings (SSSR count). The van der Waals surface area contributed by atoms with Crippen LogP contribution in [0.25, 0.3) is 0 Å². The monoisotopic (exact) mass is 225 g/mol. The summed E-state index contributed by atoms with van der Waals surface area (Å²) in [7, 11) is 0. The zero-order valence-corrected chi connectivity index (χ0v) is 8.14. The van der Waals surface area contributed by atoms with Crippen LogP contribution >= 0.6 is 0 Å². The van der Waals surface area contributed by atoms with Gasteiger partial charge in [0.1, 0.15) is 0 Å². The Labute approximate surface area is 84.5 Å². The van der Waals surface area contributed by atoms with E-state index in [1.54, 1.807) is 13.0 Å². The molecule has 0 fully saturated rings. The highest BCUT2D eigenvalue weighted by Gasteiger charge is 2.51. The molecule has 0 bridgehead atoms. The van der Waals surface area contributed by atoms with E-state index in [9.17, 15) is 22.4 Å². The van der Waals surface area contributed by atoms with Gasteiger partial charge in [-0.15, -0.1) is 0 Å². The van der Waals surface area contributed by atoms with Crippen molar-refractivity contribution in [1.29, 1.82) is 0 Å². The van der Waals surface area contributed by atoms with E-state index in [4.69, 9.17) is 0 Å². The molecule has 1 aliphatic rings. The molecule has 1 aliphatic heterocycles. The Balaban J connectivity index is 2.73. The van der Waals surface area contributed by atoms with Gasteiger partial charge >= 0.3 is 12.3 Å². The van der Waals surface area contributed by atoms with Gasteiger partial charge < -0.3 is 4.90 Å². The average Bonchev–Trinajstić information content (AvgIpc) is 2.16. The van der Waals surface area contributed by atoms with Gasteiger partial charge in [-0.1, -0.05) is 11.6 Å². The number of carbonyl (C=O) groups is 1.